The summed E-state index contributed by atoms with van der Waals surface area (Å²) in [6.45, 7) is 6.78. The van der Waals surface area contributed by atoms with Crippen LogP contribution in [0.1, 0.15) is 33.3 Å². The Morgan fingerprint density at radius 3 is 2.39 bits per heavy atom. The van der Waals surface area contributed by atoms with E-state index < -0.39 is 23.6 Å². The first kappa shape index (κ1) is 22.9. The molecule has 0 heterocycles. The highest BCUT2D eigenvalue weighted by Crippen LogP contribution is 2.07. The second-order valence-corrected chi connectivity index (χ2v) is 7.23. The molecule has 0 saturated heterocycles. The van der Waals surface area contributed by atoms with Crippen LogP contribution >= 0.6 is 0 Å². The fourth-order valence-corrected chi connectivity index (χ4v) is 2.28. The van der Waals surface area contributed by atoms with E-state index in [1.165, 1.54) is 0 Å². The lowest BCUT2D eigenvalue weighted by molar-refractivity contribution is -0.123. The molecule has 1 aromatic carbocycles. The third-order valence-corrected chi connectivity index (χ3v) is 3.39. The Morgan fingerprint density at radius 2 is 1.82 bits per heavy atom. The van der Waals surface area contributed by atoms with Crippen molar-refractivity contribution in [3.63, 3.8) is 0 Å². The number of hydrogen-bond acceptors (Lipinski definition) is 6. The van der Waals surface area contributed by atoms with Crippen LogP contribution in [0, 0.1) is 4.91 Å². The maximum atomic E-state index is 12.6. The predicted molar refractivity (Wildman–Crippen MR) is 106 cm³/mol. The molecule has 1 rings (SSSR count). The molecule has 0 fully saturated rings. The molecule has 10 heteroatoms. The first-order valence-corrected chi connectivity index (χ1v) is 8.83. The molecule has 154 valence electrons. The van der Waals surface area contributed by atoms with Crippen molar-refractivity contribution in [3.05, 3.63) is 40.8 Å². The van der Waals surface area contributed by atoms with Crippen molar-refractivity contribution in [2.45, 2.75) is 51.8 Å². The Morgan fingerprint density at radius 1 is 1.18 bits per heavy atom. The minimum absolute atomic E-state index is 0.186. The smallest absolute Gasteiger partial charge is 0.408 e. The largest absolute Gasteiger partial charge is 0.444 e. The molecule has 0 spiro atoms. The number of aliphatic imine (C=N–C) groups is 1. The average Bonchev–Trinajstić information content (AvgIpc) is 2.57. The van der Waals surface area contributed by atoms with E-state index in [-0.39, 0.29) is 18.5 Å². The van der Waals surface area contributed by atoms with Gasteiger partial charge in [0.25, 0.3) is 0 Å². The van der Waals surface area contributed by atoms with Gasteiger partial charge in [-0.25, -0.2) is 15.2 Å². The summed E-state index contributed by atoms with van der Waals surface area (Å²) in [5.41, 5.74) is 7.70. The van der Waals surface area contributed by atoms with Gasteiger partial charge in [-0.1, -0.05) is 30.3 Å². The van der Waals surface area contributed by atoms with Crippen LogP contribution < -0.4 is 21.8 Å². The first-order valence-electron chi connectivity index (χ1n) is 8.83. The number of nitrogens with zero attached hydrogens (tertiary/aromatic N) is 2. The van der Waals surface area contributed by atoms with Crippen LogP contribution in [0.3, 0.4) is 0 Å². The van der Waals surface area contributed by atoms with Gasteiger partial charge in [-0.3, -0.25) is 4.79 Å². The lowest BCUT2D eigenvalue weighted by atomic mass is 10.1. The number of carbonyl (C=O) groups is 2. The van der Waals surface area contributed by atoms with Crippen LogP contribution in [0.4, 0.5) is 4.79 Å². The molecular formula is C18H28N6O4. The van der Waals surface area contributed by atoms with E-state index in [1.54, 1.807) is 20.8 Å². The van der Waals surface area contributed by atoms with Crippen molar-refractivity contribution in [2.24, 2.45) is 16.0 Å². The summed E-state index contributed by atoms with van der Waals surface area (Å²) in [5, 5.41) is 7.69. The average molecular weight is 392 g/mol. The molecule has 0 radical (unpaired) electrons. The van der Waals surface area contributed by atoms with Gasteiger partial charge in [0.15, 0.2) is 0 Å². The zero-order valence-corrected chi connectivity index (χ0v) is 16.6. The summed E-state index contributed by atoms with van der Waals surface area (Å²) in [6, 6.07) is 8.45. The van der Waals surface area contributed by atoms with Gasteiger partial charge in [-0.2, -0.15) is 0 Å². The maximum absolute atomic E-state index is 12.6. The van der Waals surface area contributed by atoms with E-state index in [2.05, 4.69) is 20.9 Å². The zero-order valence-electron chi connectivity index (χ0n) is 16.6. The Balaban J connectivity index is 2.77. The molecule has 5 N–H and O–H groups in total. The topological polar surface area (TPSA) is 147 Å². The monoisotopic (exact) mass is 392 g/mol. The Labute approximate surface area is 164 Å². The third kappa shape index (κ3) is 9.51. The number of ether oxygens (including phenoxy) is 1. The van der Waals surface area contributed by atoms with Crippen LogP contribution in [-0.2, 0) is 16.0 Å². The summed E-state index contributed by atoms with van der Waals surface area (Å²) in [6.07, 6.45) is -0.146. The molecule has 28 heavy (non-hydrogen) atoms. The van der Waals surface area contributed by atoms with Gasteiger partial charge in [0, 0.05) is 6.04 Å². The van der Waals surface area contributed by atoms with Crippen molar-refractivity contribution >= 4 is 18.0 Å². The summed E-state index contributed by atoms with van der Waals surface area (Å²) in [7, 11) is 0. The highest BCUT2D eigenvalue weighted by Gasteiger charge is 2.25. The van der Waals surface area contributed by atoms with Gasteiger partial charge in [0.05, 0.1) is 11.8 Å². The molecule has 0 bridgehead atoms. The van der Waals surface area contributed by atoms with E-state index in [0.717, 1.165) is 5.56 Å². The van der Waals surface area contributed by atoms with Gasteiger partial charge in [0.2, 0.25) is 11.9 Å². The number of benzene rings is 1. The minimum atomic E-state index is -1.04. The standard InChI is InChI=1S/C18H28N6O4/c1-12(10-13-8-6-5-7-9-13)21-15(25)14(11-20-16(19)23-24-27)22-17(26)28-18(2,3)4/h5-9,12,14H,10-11H2,1-4H3,(H,21,25)(H,22,26)(H3,19,20,23,27). The zero-order chi connectivity index (χ0) is 21.2. The Bertz CT molecular complexity index is 687. The highest BCUT2D eigenvalue weighted by molar-refractivity contribution is 5.86. The van der Waals surface area contributed by atoms with Gasteiger partial charge < -0.3 is 21.1 Å². The van der Waals surface area contributed by atoms with Crippen molar-refractivity contribution in [1.82, 2.24) is 16.1 Å². The van der Waals surface area contributed by atoms with Gasteiger partial charge in [-0.05, 0) is 39.7 Å². The van der Waals surface area contributed by atoms with Crippen molar-refractivity contribution in [3.8, 4) is 0 Å². The van der Waals surface area contributed by atoms with E-state index in [9.17, 15) is 14.5 Å². The molecule has 0 aliphatic carbocycles. The van der Waals surface area contributed by atoms with Crippen LogP contribution in [0.5, 0.6) is 0 Å². The summed E-state index contributed by atoms with van der Waals surface area (Å²) >= 11 is 0. The number of nitrogens with two attached hydrogens (primary N) is 1. The lowest BCUT2D eigenvalue weighted by Gasteiger charge is -2.24. The number of alkyl carbamates (subject to hydrolysis) is 1. The van der Waals surface area contributed by atoms with Crippen LogP contribution in [-0.4, -0.2) is 42.2 Å². The number of rotatable bonds is 8. The molecule has 2 amide bonds. The lowest BCUT2D eigenvalue weighted by Crippen LogP contribution is -2.52. The predicted octanol–water partition coefficient (Wildman–Crippen LogP) is 1.21. The number of guanidine groups is 1. The number of amides is 2. The first-order chi connectivity index (χ1) is 13.1. The maximum Gasteiger partial charge on any atom is 0.408 e. The molecule has 2 unspecified atom stereocenters. The van der Waals surface area contributed by atoms with E-state index >= 15 is 0 Å². The summed E-state index contributed by atoms with van der Waals surface area (Å²) in [5.74, 6) is -0.721. The van der Waals surface area contributed by atoms with E-state index in [4.69, 9.17) is 10.5 Å². The molecule has 0 aliphatic rings. The van der Waals surface area contributed by atoms with Crippen molar-refractivity contribution in [1.29, 1.82) is 0 Å². The number of nitrogens with one attached hydrogen (secondary N) is 3. The van der Waals surface area contributed by atoms with Crippen LogP contribution in [0.2, 0.25) is 0 Å². The number of nitroso groups, excluding NO2 is 1. The normalized spacial score (nSPS) is 13.8. The molecule has 10 nitrogen and oxygen atoms in total. The highest BCUT2D eigenvalue weighted by atomic mass is 16.6. The fraction of sp³-hybridized carbons (Fsp3) is 0.500. The third-order valence-electron chi connectivity index (χ3n) is 3.39. The second kappa shape index (κ2) is 10.9. The van der Waals surface area contributed by atoms with E-state index in [1.807, 2.05) is 42.7 Å². The van der Waals surface area contributed by atoms with E-state index in [0.29, 0.717) is 6.42 Å². The summed E-state index contributed by atoms with van der Waals surface area (Å²) < 4.78 is 5.18. The van der Waals surface area contributed by atoms with Crippen LogP contribution in [0.15, 0.2) is 40.6 Å². The van der Waals surface area contributed by atoms with Crippen LogP contribution in [0.25, 0.3) is 0 Å². The number of carbonyl (C=O) groups excluding carboxylic acids is 2. The fourth-order valence-electron chi connectivity index (χ4n) is 2.28. The minimum Gasteiger partial charge on any atom is -0.444 e. The molecular weight excluding hydrogens is 364 g/mol. The second-order valence-electron chi connectivity index (χ2n) is 7.23. The number of hydrogen-bond donors (Lipinski definition) is 4. The molecule has 0 aliphatic heterocycles. The van der Waals surface area contributed by atoms with Gasteiger partial charge >= 0.3 is 6.09 Å². The Kier molecular flexibility index (Phi) is 8.86. The van der Waals surface area contributed by atoms with Gasteiger partial charge in [-0.15, -0.1) is 4.91 Å². The molecule has 2 atom stereocenters. The molecule has 1 aromatic rings. The Hall–Kier alpha value is -3.17. The molecule has 0 saturated carbocycles. The van der Waals surface area contributed by atoms with Gasteiger partial charge in [0.1, 0.15) is 11.6 Å². The quantitative estimate of drug-likeness (QED) is 0.226. The summed E-state index contributed by atoms with van der Waals surface area (Å²) in [4.78, 5) is 38.7. The van der Waals surface area contributed by atoms with Crippen molar-refractivity contribution in [2.75, 3.05) is 6.54 Å². The molecule has 0 aromatic heterocycles. The SMILES string of the molecule is CC(Cc1ccccc1)NC(=O)C(CN=C(N)NN=O)NC(=O)OC(C)(C)C. The van der Waals surface area contributed by atoms with Crippen molar-refractivity contribution < 1.29 is 14.3 Å².